The maximum Gasteiger partial charge on any atom is 0.251 e. The fourth-order valence-corrected chi connectivity index (χ4v) is 2.83. The smallest absolute Gasteiger partial charge is 0.251 e. The first kappa shape index (κ1) is 20.7. The summed E-state index contributed by atoms with van der Waals surface area (Å²) in [6.45, 7) is 3.06. The lowest BCUT2D eigenvalue weighted by atomic mass is 10.0. The molecule has 1 rings (SSSR count). The van der Waals surface area contributed by atoms with E-state index in [-0.39, 0.29) is 12.5 Å². The molecule has 1 aromatic rings. The van der Waals surface area contributed by atoms with Gasteiger partial charge in [-0.25, -0.2) is 0 Å². The fraction of sp³-hybridized carbons (Fsp3) is 0.667. The Morgan fingerprint density at radius 1 is 0.875 bits per heavy atom. The molecule has 1 amide bonds. The third-order valence-electron chi connectivity index (χ3n) is 4.41. The van der Waals surface area contributed by atoms with Gasteiger partial charge in [0.2, 0.25) is 0 Å². The van der Waals surface area contributed by atoms with Crippen molar-refractivity contribution in [2.45, 2.75) is 77.6 Å². The Bertz CT molecular complexity index is 428. The van der Waals surface area contributed by atoms with Crippen molar-refractivity contribution >= 4 is 5.91 Å². The van der Waals surface area contributed by atoms with Crippen molar-refractivity contribution in [1.82, 2.24) is 5.32 Å². The van der Waals surface area contributed by atoms with Crippen LogP contribution in [0, 0.1) is 0 Å². The monoisotopic (exact) mass is 333 g/mol. The zero-order valence-electron chi connectivity index (χ0n) is 15.4. The minimum Gasteiger partial charge on any atom is -0.396 e. The normalized spacial score (nSPS) is 10.8. The van der Waals surface area contributed by atoms with Gasteiger partial charge in [0.1, 0.15) is 0 Å². The maximum absolute atomic E-state index is 12.0. The molecule has 0 fully saturated rings. The topological polar surface area (TPSA) is 49.3 Å². The van der Waals surface area contributed by atoms with Crippen molar-refractivity contribution in [1.29, 1.82) is 0 Å². The van der Waals surface area contributed by atoms with Gasteiger partial charge < -0.3 is 10.4 Å². The lowest BCUT2D eigenvalue weighted by Crippen LogP contribution is -2.24. The maximum atomic E-state index is 12.0. The second kappa shape index (κ2) is 14.0. The standard InChI is InChI=1S/C21H35NO2/c1-2-3-4-5-6-7-8-9-12-19-13-15-20(16-14-19)21(24)22-17-10-11-18-23/h13-16,23H,2-12,17-18H2,1H3,(H,22,24). The van der Waals surface area contributed by atoms with Crippen LogP contribution in [0.1, 0.15) is 87.1 Å². The van der Waals surface area contributed by atoms with Gasteiger partial charge in [-0.2, -0.15) is 0 Å². The molecule has 0 bridgehead atoms. The number of hydrogen-bond donors (Lipinski definition) is 2. The molecule has 0 saturated carbocycles. The quantitative estimate of drug-likeness (QED) is 0.477. The zero-order chi connectivity index (χ0) is 17.5. The van der Waals surface area contributed by atoms with Crippen molar-refractivity contribution in [2.24, 2.45) is 0 Å². The second-order valence-electron chi connectivity index (χ2n) is 6.61. The van der Waals surface area contributed by atoms with Gasteiger partial charge in [0, 0.05) is 18.7 Å². The van der Waals surface area contributed by atoms with E-state index in [0.717, 1.165) is 24.8 Å². The van der Waals surface area contributed by atoms with Crippen LogP contribution in [-0.4, -0.2) is 24.2 Å². The predicted molar refractivity (Wildman–Crippen MR) is 101 cm³/mol. The molecule has 1 aromatic carbocycles. The average Bonchev–Trinajstić information content (AvgIpc) is 2.61. The Morgan fingerprint density at radius 3 is 2.12 bits per heavy atom. The molecule has 3 heteroatoms. The molecule has 0 heterocycles. The van der Waals surface area contributed by atoms with Gasteiger partial charge in [-0.15, -0.1) is 0 Å². The SMILES string of the molecule is CCCCCCCCCCc1ccc(C(=O)NCCCCO)cc1. The number of amides is 1. The minimum absolute atomic E-state index is 0.0217. The zero-order valence-corrected chi connectivity index (χ0v) is 15.4. The lowest BCUT2D eigenvalue weighted by Gasteiger charge is -2.06. The highest BCUT2D eigenvalue weighted by Gasteiger charge is 2.04. The number of aryl methyl sites for hydroxylation is 1. The first-order valence-corrected chi connectivity index (χ1v) is 9.76. The molecule has 0 atom stereocenters. The third kappa shape index (κ3) is 9.71. The van der Waals surface area contributed by atoms with Crippen LogP contribution in [0.5, 0.6) is 0 Å². The molecule has 0 aliphatic rings. The lowest BCUT2D eigenvalue weighted by molar-refractivity contribution is 0.0952. The van der Waals surface area contributed by atoms with Gasteiger partial charge >= 0.3 is 0 Å². The molecular weight excluding hydrogens is 298 g/mol. The van der Waals surface area contributed by atoms with Crippen LogP contribution in [0.3, 0.4) is 0 Å². The molecule has 0 unspecified atom stereocenters. The summed E-state index contributed by atoms with van der Waals surface area (Å²) in [6, 6.07) is 7.98. The van der Waals surface area contributed by atoms with Gasteiger partial charge in [0.25, 0.3) is 5.91 Å². The van der Waals surface area contributed by atoms with E-state index < -0.39 is 0 Å². The largest absolute Gasteiger partial charge is 0.396 e. The van der Waals surface area contributed by atoms with Gasteiger partial charge in [-0.3, -0.25) is 4.79 Å². The first-order chi connectivity index (χ1) is 11.8. The molecule has 0 radical (unpaired) electrons. The van der Waals surface area contributed by atoms with Gasteiger partial charge in [0.15, 0.2) is 0 Å². The number of rotatable bonds is 14. The summed E-state index contributed by atoms with van der Waals surface area (Å²) >= 11 is 0. The third-order valence-corrected chi connectivity index (χ3v) is 4.41. The van der Waals surface area contributed by atoms with Crippen molar-refractivity contribution in [2.75, 3.05) is 13.2 Å². The fourth-order valence-electron chi connectivity index (χ4n) is 2.83. The summed E-state index contributed by atoms with van der Waals surface area (Å²) in [4.78, 5) is 12.0. The predicted octanol–water partition coefficient (Wildman–Crippen LogP) is 4.87. The van der Waals surface area contributed by atoms with Crippen LogP contribution >= 0.6 is 0 Å². The average molecular weight is 334 g/mol. The summed E-state index contributed by atoms with van der Waals surface area (Å²) in [5, 5.41) is 11.6. The number of carbonyl (C=O) groups is 1. The Kier molecular flexibility index (Phi) is 12.1. The van der Waals surface area contributed by atoms with E-state index in [2.05, 4.69) is 24.4 Å². The Hall–Kier alpha value is -1.35. The van der Waals surface area contributed by atoms with E-state index in [1.165, 1.54) is 56.9 Å². The molecule has 2 N–H and O–H groups in total. The van der Waals surface area contributed by atoms with Gasteiger partial charge in [0.05, 0.1) is 0 Å². The van der Waals surface area contributed by atoms with Crippen LogP contribution < -0.4 is 5.32 Å². The van der Waals surface area contributed by atoms with Gasteiger partial charge in [-0.1, -0.05) is 64.0 Å². The molecular formula is C21H35NO2. The second-order valence-corrected chi connectivity index (χ2v) is 6.61. The molecule has 0 aliphatic carbocycles. The summed E-state index contributed by atoms with van der Waals surface area (Å²) in [5.74, 6) is -0.0217. The first-order valence-electron chi connectivity index (χ1n) is 9.76. The highest BCUT2D eigenvalue weighted by atomic mass is 16.2. The van der Waals surface area contributed by atoms with E-state index in [4.69, 9.17) is 5.11 Å². The van der Waals surface area contributed by atoms with Crippen LogP contribution in [0.2, 0.25) is 0 Å². The number of nitrogens with one attached hydrogen (secondary N) is 1. The van der Waals surface area contributed by atoms with E-state index >= 15 is 0 Å². The van der Waals surface area contributed by atoms with Crippen LogP contribution in [0.15, 0.2) is 24.3 Å². The Labute approximate surface area is 147 Å². The Balaban J connectivity index is 2.14. The molecule has 0 aliphatic heterocycles. The summed E-state index contributed by atoms with van der Waals surface area (Å²) in [6.07, 6.45) is 13.4. The molecule has 0 spiro atoms. The van der Waals surface area contributed by atoms with Crippen LogP contribution in [0.25, 0.3) is 0 Å². The van der Waals surface area contributed by atoms with Crippen molar-refractivity contribution in [3.05, 3.63) is 35.4 Å². The summed E-state index contributed by atoms with van der Waals surface area (Å²) < 4.78 is 0. The van der Waals surface area contributed by atoms with E-state index in [1.807, 2.05) is 12.1 Å². The number of aliphatic hydroxyl groups is 1. The molecule has 24 heavy (non-hydrogen) atoms. The van der Waals surface area contributed by atoms with E-state index in [0.29, 0.717) is 6.54 Å². The summed E-state index contributed by atoms with van der Waals surface area (Å²) in [7, 11) is 0. The number of hydrogen-bond acceptors (Lipinski definition) is 2. The number of aliphatic hydroxyl groups excluding tert-OH is 1. The van der Waals surface area contributed by atoms with Crippen molar-refractivity contribution in [3.8, 4) is 0 Å². The van der Waals surface area contributed by atoms with Crippen LogP contribution in [-0.2, 0) is 6.42 Å². The highest BCUT2D eigenvalue weighted by molar-refractivity contribution is 5.94. The summed E-state index contributed by atoms with van der Waals surface area (Å²) in [5.41, 5.74) is 2.04. The molecule has 0 aromatic heterocycles. The van der Waals surface area contributed by atoms with Crippen molar-refractivity contribution < 1.29 is 9.90 Å². The molecule has 3 nitrogen and oxygen atoms in total. The Morgan fingerprint density at radius 2 is 1.50 bits per heavy atom. The minimum atomic E-state index is -0.0217. The van der Waals surface area contributed by atoms with E-state index in [1.54, 1.807) is 0 Å². The van der Waals surface area contributed by atoms with Crippen molar-refractivity contribution in [3.63, 3.8) is 0 Å². The highest BCUT2D eigenvalue weighted by Crippen LogP contribution is 2.12. The van der Waals surface area contributed by atoms with Gasteiger partial charge in [-0.05, 0) is 43.4 Å². The number of unbranched alkanes of at least 4 members (excludes halogenated alkanes) is 8. The van der Waals surface area contributed by atoms with Crippen LogP contribution in [0.4, 0.5) is 0 Å². The van der Waals surface area contributed by atoms with E-state index in [9.17, 15) is 4.79 Å². The number of benzene rings is 1. The number of carbonyl (C=O) groups excluding carboxylic acids is 1. The molecule has 0 saturated heterocycles. The molecule has 136 valence electrons.